The minimum atomic E-state index is 0.324. The minimum absolute atomic E-state index is 0.324. The Morgan fingerprint density at radius 1 is 1.26 bits per heavy atom. The third-order valence-electron chi connectivity index (χ3n) is 3.06. The van der Waals surface area contributed by atoms with Crippen molar-refractivity contribution in [3.63, 3.8) is 0 Å². The first-order valence-corrected chi connectivity index (χ1v) is 6.93. The normalized spacial score (nSPS) is 13.2. The van der Waals surface area contributed by atoms with Crippen LogP contribution in [-0.4, -0.2) is 26.6 Å². The molecule has 1 N–H and O–H groups in total. The standard InChI is InChI=1S/C15H23NO3/c1-12(2)6-8-17-9-7-16-10-13-4-3-5-14-15(13)19-11-18-14/h3-5,12,16H,6-11H2,1-2H3. The first-order chi connectivity index (χ1) is 9.27. The van der Waals surface area contributed by atoms with E-state index in [9.17, 15) is 0 Å². The van der Waals surface area contributed by atoms with Crippen LogP contribution in [0.1, 0.15) is 25.8 Å². The van der Waals surface area contributed by atoms with Crippen molar-refractivity contribution in [1.82, 2.24) is 5.32 Å². The van der Waals surface area contributed by atoms with Gasteiger partial charge in [0.1, 0.15) is 0 Å². The van der Waals surface area contributed by atoms with Crippen molar-refractivity contribution in [2.24, 2.45) is 5.92 Å². The van der Waals surface area contributed by atoms with Crippen molar-refractivity contribution in [3.8, 4) is 11.5 Å². The Kier molecular flexibility index (Phi) is 5.48. The van der Waals surface area contributed by atoms with Gasteiger partial charge in [-0.1, -0.05) is 26.0 Å². The van der Waals surface area contributed by atoms with Crippen molar-refractivity contribution in [2.75, 3.05) is 26.6 Å². The van der Waals surface area contributed by atoms with Gasteiger partial charge in [-0.25, -0.2) is 0 Å². The van der Waals surface area contributed by atoms with Gasteiger partial charge in [0, 0.05) is 25.3 Å². The van der Waals surface area contributed by atoms with Crippen molar-refractivity contribution in [1.29, 1.82) is 0 Å². The molecule has 1 aliphatic heterocycles. The summed E-state index contributed by atoms with van der Waals surface area (Å²) in [5, 5.41) is 3.36. The summed E-state index contributed by atoms with van der Waals surface area (Å²) >= 11 is 0. The monoisotopic (exact) mass is 265 g/mol. The average Bonchev–Trinajstić information content (AvgIpc) is 2.86. The number of fused-ring (bicyclic) bond motifs is 1. The highest BCUT2D eigenvalue weighted by Gasteiger charge is 2.16. The highest BCUT2D eigenvalue weighted by molar-refractivity contribution is 5.48. The first-order valence-electron chi connectivity index (χ1n) is 6.93. The van der Waals surface area contributed by atoms with E-state index in [1.807, 2.05) is 12.1 Å². The molecule has 106 valence electrons. The van der Waals surface area contributed by atoms with E-state index in [-0.39, 0.29) is 0 Å². The summed E-state index contributed by atoms with van der Waals surface area (Å²) in [7, 11) is 0. The lowest BCUT2D eigenvalue weighted by atomic mass is 10.1. The number of nitrogens with one attached hydrogen (secondary N) is 1. The maximum Gasteiger partial charge on any atom is 0.231 e. The van der Waals surface area contributed by atoms with Crippen LogP contribution < -0.4 is 14.8 Å². The van der Waals surface area contributed by atoms with Gasteiger partial charge in [0.15, 0.2) is 11.5 Å². The van der Waals surface area contributed by atoms with Crippen LogP contribution >= 0.6 is 0 Å². The van der Waals surface area contributed by atoms with Crippen LogP contribution in [0.15, 0.2) is 18.2 Å². The Labute approximate surface area is 115 Å². The maximum atomic E-state index is 5.56. The van der Waals surface area contributed by atoms with Gasteiger partial charge in [0.25, 0.3) is 0 Å². The van der Waals surface area contributed by atoms with E-state index in [4.69, 9.17) is 14.2 Å². The molecule has 1 aliphatic rings. The molecule has 0 radical (unpaired) electrons. The van der Waals surface area contributed by atoms with E-state index in [0.29, 0.717) is 12.7 Å². The Balaban J connectivity index is 1.63. The molecule has 0 saturated carbocycles. The predicted molar refractivity (Wildman–Crippen MR) is 74.5 cm³/mol. The fourth-order valence-corrected chi connectivity index (χ4v) is 1.92. The van der Waals surface area contributed by atoms with Crippen molar-refractivity contribution >= 4 is 0 Å². The summed E-state index contributed by atoms with van der Waals surface area (Å²) in [6, 6.07) is 5.98. The number of hydrogen-bond acceptors (Lipinski definition) is 4. The molecular formula is C15H23NO3. The van der Waals surface area contributed by atoms with Crippen molar-refractivity contribution < 1.29 is 14.2 Å². The van der Waals surface area contributed by atoms with Gasteiger partial charge < -0.3 is 19.5 Å². The summed E-state index contributed by atoms with van der Waals surface area (Å²) in [5.41, 5.74) is 1.14. The molecule has 2 rings (SSSR count). The summed E-state index contributed by atoms with van der Waals surface area (Å²) in [4.78, 5) is 0. The molecule has 4 heteroatoms. The van der Waals surface area contributed by atoms with Gasteiger partial charge in [-0.15, -0.1) is 0 Å². The van der Waals surface area contributed by atoms with Gasteiger partial charge in [0.2, 0.25) is 6.79 Å². The minimum Gasteiger partial charge on any atom is -0.454 e. The Morgan fingerprint density at radius 2 is 2.16 bits per heavy atom. The zero-order valence-electron chi connectivity index (χ0n) is 11.8. The molecule has 0 saturated heterocycles. The van der Waals surface area contributed by atoms with Crippen LogP contribution in [-0.2, 0) is 11.3 Å². The number of hydrogen-bond donors (Lipinski definition) is 1. The smallest absolute Gasteiger partial charge is 0.231 e. The Bertz CT molecular complexity index is 393. The molecule has 0 amide bonds. The third-order valence-corrected chi connectivity index (χ3v) is 3.06. The molecule has 4 nitrogen and oxygen atoms in total. The van der Waals surface area contributed by atoms with E-state index in [0.717, 1.165) is 49.8 Å². The van der Waals surface area contributed by atoms with Crippen LogP contribution in [0.5, 0.6) is 11.5 Å². The topological polar surface area (TPSA) is 39.7 Å². The molecule has 0 fully saturated rings. The van der Waals surface area contributed by atoms with E-state index < -0.39 is 0 Å². The van der Waals surface area contributed by atoms with Crippen LogP contribution in [0.3, 0.4) is 0 Å². The molecule has 0 aliphatic carbocycles. The zero-order chi connectivity index (χ0) is 13.5. The Hall–Kier alpha value is -1.26. The second-order valence-electron chi connectivity index (χ2n) is 5.12. The average molecular weight is 265 g/mol. The fourth-order valence-electron chi connectivity index (χ4n) is 1.92. The van der Waals surface area contributed by atoms with E-state index in [2.05, 4.69) is 25.2 Å². The van der Waals surface area contributed by atoms with Crippen LogP contribution in [0.25, 0.3) is 0 Å². The molecule has 19 heavy (non-hydrogen) atoms. The largest absolute Gasteiger partial charge is 0.454 e. The van der Waals surface area contributed by atoms with Crippen LogP contribution in [0.2, 0.25) is 0 Å². The third kappa shape index (κ3) is 4.40. The lowest BCUT2D eigenvalue weighted by Gasteiger charge is -2.09. The van der Waals surface area contributed by atoms with Crippen LogP contribution in [0, 0.1) is 5.92 Å². The highest BCUT2D eigenvalue weighted by Crippen LogP contribution is 2.35. The van der Waals surface area contributed by atoms with E-state index >= 15 is 0 Å². The summed E-state index contributed by atoms with van der Waals surface area (Å²) in [5.74, 6) is 2.42. The lowest BCUT2D eigenvalue weighted by Crippen LogP contribution is -2.20. The predicted octanol–water partition coefficient (Wildman–Crippen LogP) is 2.57. The van der Waals surface area contributed by atoms with E-state index in [1.165, 1.54) is 0 Å². The molecule has 0 aromatic heterocycles. The van der Waals surface area contributed by atoms with Crippen molar-refractivity contribution in [3.05, 3.63) is 23.8 Å². The molecule has 0 atom stereocenters. The highest BCUT2D eigenvalue weighted by atomic mass is 16.7. The fraction of sp³-hybridized carbons (Fsp3) is 0.600. The molecular weight excluding hydrogens is 242 g/mol. The van der Waals surface area contributed by atoms with Gasteiger partial charge in [-0.2, -0.15) is 0 Å². The molecule has 0 unspecified atom stereocenters. The zero-order valence-corrected chi connectivity index (χ0v) is 11.8. The second kappa shape index (κ2) is 7.36. The number of rotatable bonds is 8. The van der Waals surface area contributed by atoms with Crippen molar-refractivity contribution in [2.45, 2.75) is 26.8 Å². The molecule has 1 aromatic carbocycles. The maximum absolute atomic E-state index is 5.56. The van der Waals surface area contributed by atoms with Gasteiger partial charge in [-0.05, 0) is 18.4 Å². The number of para-hydroxylation sites is 1. The van der Waals surface area contributed by atoms with E-state index in [1.54, 1.807) is 0 Å². The molecule has 1 aromatic rings. The number of ether oxygens (including phenoxy) is 3. The lowest BCUT2D eigenvalue weighted by molar-refractivity contribution is 0.125. The molecule has 0 spiro atoms. The van der Waals surface area contributed by atoms with Gasteiger partial charge in [-0.3, -0.25) is 0 Å². The first kappa shape index (κ1) is 14.2. The second-order valence-corrected chi connectivity index (χ2v) is 5.12. The Morgan fingerprint density at radius 3 is 3.00 bits per heavy atom. The summed E-state index contributed by atoms with van der Waals surface area (Å²) < 4.78 is 16.4. The SMILES string of the molecule is CC(C)CCOCCNCc1cccc2c1OCO2. The van der Waals surface area contributed by atoms with Crippen LogP contribution in [0.4, 0.5) is 0 Å². The molecule has 1 heterocycles. The molecule has 0 bridgehead atoms. The van der Waals surface area contributed by atoms with Gasteiger partial charge in [0.05, 0.1) is 6.61 Å². The summed E-state index contributed by atoms with van der Waals surface area (Å²) in [6.07, 6.45) is 1.12. The quantitative estimate of drug-likeness (QED) is 0.733. The van der Waals surface area contributed by atoms with Gasteiger partial charge >= 0.3 is 0 Å². The number of benzene rings is 1. The summed E-state index contributed by atoms with van der Waals surface area (Å²) in [6.45, 7) is 7.96.